The second-order valence-electron chi connectivity index (χ2n) is 20.5. The first-order valence-corrected chi connectivity index (χ1v) is 27.5. The largest absolute Gasteiger partial charge is 0.737 e. The van der Waals surface area contributed by atoms with Gasteiger partial charge in [-0.15, -0.1) is 5.10 Å². The Morgan fingerprint density at radius 2 is 1.13 bits per heavy atom. The van der Waals surface area contributed by atoms with Crippen LogP contribution in [0.3, 0.4) is 0 Å². The molecule has 0 saturated carbocycles. The van der Waals surface area contributed by atoms with E-state index < -0.39 is 6.97 Å². The molecule has 0 N–H and O–H groups in total. The van der Waals surface area contributed by atoms with E-state index in [2.05, 4.69) is 81.3 Å². The number of hydrogen-bond donors (Lipinski definition) is 0. The summed E-state index contributed by atoms with van der Waals surface area (Å²) in [6.07, 6.45) is 3.73. The van der Waals surface area contributed by atoms with Gasteiger partial charge in [-0.05, 0) is 117 Å². The summed E-state index contributed by atoms with van der Waals surface area (Å²) in [4.78, 5) is 6.77. The van der Waals surface area contributed by atoms with E-state index in [9.17, 15) is 0 Å². The van der Waals surface area contributed by atoms with Gasteiger partial charge in [0.2, 0.25) is 0 Å². The molecule has 19 heteroatoms. The first kappa shape index (κ1) is 55.3. The third-order valence-electron chi connectivity index (χ3n) is 14.9. The summed E-state index contributed by atoms with van der Waals surface area (Å²) < 4.78 is 87.0. The third-order valence-corrected chi connectivity index (χ3v) is 14.9. The number of allylic oxidation sites excluding steroid dienone is 2. The van der Waals surface area contributed by atoms with Crippen LogP contribution in [0.2, 0.25) is 0 Å². The van der Waals surface area contributed by atoms with Crippen molar-refractivity contribution in [2.24, 2.45) is 0 Å². The second-order valence-corrected chi connectivity index (χ2v) is 20.5. The maximum atomic E-state index is 16.4. The topological polar surface area (TPSA) is 122 Å². The number of nitrogens with zero attached hydrogens (tertiary/aromatic N) is 8. The molecule has 2 bridgehead atoms. The number of ether oxygens (including phenoxy) is 8. The predicted octanol–water partition coefficient (Wildman–Crippen LogP) is 9.09. The fourth-order valence-electron chi connectivity index (χ4n) is 11.1. The number of methoxy groups -OCH3 is 1. The molecule has 5 aliphatic rings. The smallest absolute Gasteiger partial charge is 0.490 e. The monoisotopic (exact) mass is 1080 g/mol. The van der Waals surface area contributed by atoms with Crippen molar-refractivity contribution in [2.45, 2.75) is 41.5 Å². The fraction of sp³-hybridized carbons (Fsp3) is 0.417. The molecule has 1 fully saturated rings. The van der Waals surface area contributed by atoms with Crippen LogP contribution in [0.1, 0.15) is 47.5 Å². The molecule has 5 aliphatic heterocycles. The van der Waals surface area contributed by atoms with Crippen molar-refractivity contribution in [2.75, 3.05) is 140 Å². The first-order chi connectivity index (χ1) is 38.4. The standard InChI is InChI=1S/C60H73BF2N8O8/c1-42-8-15-52-55(36-42)77-28-22-68(23-29-78-56-37-43(2)9-16-53(56)67-20-26-75-33-31-73-24-18-66(52)19-25-74-32-34-76-27-21-67)54-17-12-49(40-57(54)79-35-30-72-7)51-41-69(65-64-51)50-13-10-48(11-14-50)58-59-44(3)38-46(5)70(59)61(62,63)71-47(6)39-45(4)60(58)71/h8-17,36-41H,18-35H2,1-7H3. The van der Waals surface area contributed by atoms with Gasteiger partial charge >= 0.3 is 6.97 Å². The van der Waals surface area contributed by atoms with Crippen LogP contribution < -0.4 is 28.9 Å². The number of hydrogen-bond acceptors (Lipinski definition) is 13. The highest BCUT2D eigenvalue weighted by molar-refractivity contribution is 6.58. The minimum atomic E-state index is -4.08. The zero-order valence-corrected chi connectivity index (χ0v) is 46.6. The van der Waals surface area contributed by atoms with E-state index in [0.29, 0.717) is 153 Å². The Labute approximate surface area is 462 Å². The molecule has 0 spiro atoms. The van der Waals surface area contributed by atoms with Gasteiger partial charge in [-0.2, -0.15) is 0 Å². The molecule has 0 aliphatic carbocycles. The molecular weight excluding hydrogens is 1010 g/mol. The van der Waals surface area contributed by atoms with Crippen LogP contribution in [0.5, 0.6) is 17.2 Å². The Kier molecular flexibility index (Phi) is 17.5. The Bertz CT molecular complexity index is 3110. The number of benzene rings is 4. The number of rotatable bonds is 8. The molecule has 2 aromatic heterocycles. The molecule has 0 radical (unpaired) electrons. The van der Waals surface area contributed by atoms with Crippen LogP contribution in [0.4, 0.5) is 25.7 Å². The zero-order valence-electron chi connectivity index (χ0n) is 46.6. The molecule has 16 nitrogen and oxygen atoms in total. The minimum absolute atomic E-state index is 0.309. The number of anilines is 3. The summed E-state index contributed by atoms with van der Waals surface area (Å²) in [6.45, 7) is 16.2. The first-order valence-electron chi connectivity index (χ1n) is 27.5. The lowest BCUT2D eigenvalue weighted by molar-refractivity contribution is -0.363. The van der Waals surface area contributed by atoms with Gasteiger partial charge in [-0.3, -0.25) is 0 Å². The Morgan fingerprint density at radius 1 is 0.595 bits per heavy atom. The van der Waals surface area contributed by atoms with E-state index in [4.69, 9.17) is 37.9 Å². The predicted molar refractivity (Wildman–Crippen MR) is 305 cm³/mol. The van der Waals surface area contributed by atoms with E-state index in [1.54, 1.807) is 25.6 Å². The van der Waals surface area contributed by atoms with Crippen LogP contribution in [0.25, 0.3) is 22.5 Å². The summed E-state index contributed by atoms with van der Waals surface area (Å²) in [6, 6.07) is 28.4. The zero-order chi connectivity index (χ0) is 55.0. The van der Waals surface area contributed by atoms with Crippen LogP contribution in [-0.2, 0) is 23.7 Å². The highest BCUT2D eigenvalue weighted by atomic mass is 19.2. The van der Waals surface area contributed by atoms with E-state index >= 15 is 8.63 Å². The molecule has 6 aromatic rings. The van der Waals surface area contributed by atoms with Crippen molar-refractivity contribution < 1.29 is 51.0 Å². The van der Waals surface area contributed by atoms with Crippen LogP contribution in [0.15, 0.2) is 108 Å². The summed E-state index contributed by atoms with van der Waals surface area (Å²) in [5, 5.41) is 9.22. The van der Waals surface area contributed by atoms with Crippen LogP contribution in [0, 0.1) is 27.7 Å². The van der Waals surface area contributed by atoms with Crippen molar-refractivity contribution in [3.8, 4) is 34.2 Å². The summed E-state index contributed by atoms with van der Waals surface area (Å²) in [5.41, 5.74) is 12.5. The molecule has 11 rings (SSSR count). The van der Waals surface area contributed by atoms with Crippen LogP contribution in [-0.4, -0.2) is 162 Å². The van der Waals surface area contributed by atoms with Gasteiger partial charge in [0.1, 0.15) is 48.5 Å². The second kappa shape index (κ2) is 25.0. The lowest BCUT2D eigenvalue weighted by Gasteiger charge is -2.34. The highest BCUT2D eigenvalue weighted by Gasteiger charge is 2.55. The Balaban J connectivity index is 0.964. The number of aryl methyl sites for hydroxylation is 4. The lowest BCUT2D eigenvalue weighted by Crippen LogP contribution is -2.51. The van der Waals surface area contributed by atoms with Gasteiger partial charge in [0.25, 0.3) is 0 Å². The SMILES string of the molecule is COCCOc1cc(-c2cn(-c3ccc(C4=C5C(C)=CC(C)=[N+]5[B-](F)(F)n5c(C)cc(C)c54)cc3)nn2)ccc1N1CCOc2cc(C)ccc2N2CCOCCOCCN(CCOCCOCC2)c2ccc(C)cc2OCC1. The lowest BCUT2D eigenvalue weighted by atomic mass is 9.84. The molecule has 4 aromatic carbocycles. The molecule has 0 unspecified atom stereocenters. The van der Waals surface area contributed by atoms with E-state index in [-0.39, 0.29) is 0 Å². The summed E-state index contributed by atoms with van der Waals surface area (Å²) >= 11 is 0. The fourth-order valence-corrected chi connectivity index (χ4v) is 11.1. The van der Waals surface area contributed by atoms with E-state index in [1.165, 1.54) is 8.96 Å². The number of aromatic nitrogens is 4. The van der Waals surface area contributed by atoms with Gasteiger partial charge in [0.15, 0.2) is 5.70 Å². The average Bonchev–Trinajstić information content (AvgIpc) is 4.25. The average molecular weight is 1080 g/mol. The number of halogens is 2. The van der Waals surface area contributed by atoms with Crippen molar-refractivity contribution in [3.05, 3.63) is 142 Å². The van der Waals surface area contributed by atoms with E-state index in [1.807, 2.05) is 68.6 Å². The molecule has 1 saturated heterocycles. The minimum Gasteiger partial charge on any atom is -0.490 e. The molecule has 418 valence electrons. The van der Waals surface area contributed by atoms with Crippen LogP contribution >= 0.6 is 0 Å². The number of fused-ring (bicyclic) bond motifs is 22. The maximum Gasteiger partial charge on any atom is 0.737 e. The van der Waals surface area contributed by atoms with Crippen molar-refractivity contribution in [3.63, 3.8) is 0 Å². The van der Waals surface area contributed by atoms with Crippen molar-refractivity contribution in [1.82, 2.24) is 19.5 Å². The van der Waals surface area contributed by atoms with Gasteiger partial charge < -0.3 is 70.2 Å². The van der Waals surface area contributed by atoms with Gasteiger partial charge in [0.05, 0.1) is 107 Å². The van der Waals surface area contributed by atoms with Crippen molar-refractivity contribution in [1.29, 1.82) is 0 Å². The highest BCUT2D eigenvalue weighted by Crippen LogP contribution is 2.44. The van der Waals surface area contributed by atoms with Gasteiger partial charge in [-0.1, -0.05) is 35.5 Å². The molecule has 79 heavy (non-hydrogen) atoms. The summed E-state index contributed by atoms with van der Waals surface area (Å²) in [5.74, 6) is 2.18. The van der Waals surface area contributed by atoms with Gasteiger partial charge in [0, 0.05) is 63.1 Å². The maximum absolute atomic E-state index is 16.4. The molecule has 7 heterocycles. The molecular formula is C60H73BF2N8O8. The molecule has 0 atom stereocenters. The quantitative estimate of drug-likeness (QED) is 0.0820. The molecule has 0 amide bonds. The van der Waals surface area contributed by atoms with E-state index in [0.717, 1.165) is 73.2 Å². The normalized spacial score (nSPS) is 18.0. The van der Waals surface area contributed by atoms with Gasteiger partial charge in [-0.25, -0.2) is 4.68 Å². The Hall–Kier alpha value is -7.03. The Morgan fingerprint density at radius 3 is 1.70 bits per heavy atom. The van der Waals surface area contributed by atoms with Crippen molar-refractivity contribution >= 4 is 35.3 Å². The summed E-state index contributed by atoms with van der Waals surface area (Å²) in [7, 11) is 1.65. The third kappa shape index (κ3) is 12.3.